The smallest absolute Gasteiger partial charge is 0.341 e. The Bertz CT molecular complexity index is 1420. The van der Waals surface area contributed by atoms with Gasteiger partial charge in [-0.3, -0.25) is 4.79 Å². The lowest BCUT2D eigenvalue weighted by atomic mass is 10.0. The molecule has 3 amide bonds. The van der Waals surface area contributed by atoms with Crippen LogP contribution < -0.4 is 10.5 Å². The summed E-state index contributed by atoms with van der Waals surface area (Å²) in [5.41, 5.74) is 7.11. The van der Waals surface area contributed by atoms with Crippen LogP contribution in [-0.4, -0.2) is 62.0 Å². The van der Waals surface area contributed by atoms with Gasteiger partial charge in [0.1, 0.15) is 28.5 Å². The number of benzene rings is 1. The molecule has 1 atom stereocenters. The minimum atomic E-state index is -0.716. The van der Waals surface area contributed by atoms with Gasteiger partial charge >= 0.3 is 6.03 Å². The largest absolute Gasteiger partial charge is 0.485 e. The van der Waals surface area contributed by atoms with E-state index in [0.29, 0.717) is 40.5 Å². The zero-order valence-electron chi connectivity index (χ0n) is 19.9. The van der Waals surface area contributed by atoms with E-state index in [-0.39, 0.29) is 24.2 Å². The summed E-state index contributed by atoms with van der Waals surface area (Å²) in [4.78, 5) is 30.6. The summed E-state index contributed by atoms with van der Waals surface area (Å²) in [5.74, 6) is -1.29. The van der Waals surface area contributed by atoms with Gasteiger partial charge in [-0.2, -0.15) is 10.2 Å². The van der Waals surface area contributed by atoms with Crippen molar-refractivity contribution in [3.05, 3.63) is 69.6 Å². The van der Waals surface area contributed by atoms with E-state index >= 15 is 0 Å². The van der Waals surface area contributed by atoms with Crippen LogP contribution in [0.2, 0.25) is 5.02 Å². The van der Waals surface area contributed by atoms with E-state index in [1.807, 2.05) is 0 Å². The molecule has 0 bridgehead atoms. The predicted molar refractivity (Wildman–Crippen MR) is 130 cm³/mol. The summed E-state index contributed by atoms with van der Waals surface area (Å²) in [6.07, 6.45) is 2.95. The number of halogens is 3. The molecule has 2 N–H and O–H groups in total. The van der Waals surface area contributed by atoms with Gasteiger partial charge < -0.3 is 15.4 Å². The van der Waals surface area contributed by atoms with Crippen LogP contribution in [-0.2, 0) is 0 Å². The van der Waals surface area contributed by atoms with Crippen molar-refractivity contribution in [2.45, 2.75) is 32.4 Å². The van der Waals surface area contributed by atoms with Crippen molar-refractivity contribution in [1.82, 2.24) is 24.7 Å². The van der Waals surface area contributed by atoms with Gasteiger partial charge in [-0.25, -0.2) is 28.3 Å². The Morgan fingerprint density at radius 2 is 1.84 bits per heavy atom. The molecule has 4 heterocycles. The molecule has 10 nitrogen and oxygen atoms in total. The molecular weight excluding hydrogens is 508 g/mol. The van der Waals surface area contributed by atoms with Gasteiger partial charge in [0, 0.05) is 24.8 Å². The molecule has 5 rings (SSSR count). The first kappa shape index (κ1) is 24.6. The zero-order valence-corrected chi connectivity index (χ0v) is 20.6. The number of amides is 3. The molecule has 2 aromatic heterocycles. The van der Waals surface area contributed by atoms with Crippen molar-refractivity contribution in [1.29, 1.82) is 0 Å². The van der Waals surface area contributed by atoms with Crippen LogP contribution in [0.15, 0.2) is 35.6 Å². The van der Waals surface area contributed by atoms with Crippen molar-refractivity contribution in [3.8, 4) is 11.6 Å². The molecule has 192 valence electrons. The third kappa shape index (κ3) is 4.59. The van der Waals surface area contributed by atoms with Gasteiger partial charge in [-0.15, -0.1) is 0 Å². The minimum absolute atomic E-state index is 0.259. The molecule has 1 aromatic carbocycles. The number of urea groups is 1. The highest BCUT2D eigenvalue weighted by atomic mass is 35.5. The summed E-state index contributed by atoms with van der Waals surface area (Å²) in [6, 6.07) is 3.78. The molecule has 13 heteroatoms. The number of primary amides is 1. The maximum atomic E-state index is 13.7. The third-order valence-corrected chi connectivity index (χ3v) is 6.55. The maximum Gasteiger partial charge on any atom is 0.341 e. The number of hydrogen-bond acceptors (Lipinski definition) is 6. The molecule has 0 unspecified atom stereocenters. The maximum absolute atomic E-state index is 13.7. The van der Waals surface area contributed by atoms with Gasteiger partial charge in [0.15, 0.2) is 5.82 Å². The Labute approximate surface area is 215 Å². The average Bonchev–Trinajstić information content (AvgIpc) is 3.40. The Kier molecular flexibility index (Phi) is 6.28. The number of pyridine rings is 1. The molecule has 0 saturated carbocycles. The van der Waals surface area contributed by atoms with E-state index in [1.165, 1.54) is 32.9 Å². The monoisotopic (exact) mass is 529 g/mol. The van der Waals surface area contributed by atoms with Crippen LogP contribution in [0.1, 0.15) is 39.8 Å². The first-order valence-corrected chi connectivity index (χ1v) is 11.8. The van der Waals surface area contributed by atoms with Crippen molar-refractivity contribution >= 4 is 29.8 Å². The average molecular weight is 530 g/mol. The topological polar surface area (TPSA) is 119 Å². The highest BCUT2D eigenvalue weighted by Gasteiger charge is 2.39. The van der Waals surface area contributed by atoms with E-state index in [9.17, 15) is 18.4 Å². The SMILES string of the molecule is Cc1nn(-c2cc(OC3CN(C(=O)N4N=CC[C@H]4c4cc(F)cc(F)c4)C3)c(Cl)cn2)c(C)c1C(N)=O. The molecule has 37 heavy (non-hydrogen) atoms. The predicted octanol–water partition coefficient (Wildman–Crippen LogP) is 3.53. The highest BCUT2D eigenvalue weighted by molar-refractivity contribution is 6.31. The third-order valence-electron chi connectivity index (χ3n) is 6.27. The number of carbonyl (C=O) groups is 2. The van der Waals surface area contributed by atoms with Crippen LogP contribution in [0, 0.1) is 25.5 Å². The zero-order chi connectivity index (χ0) is 26.4. The van der Waals surface area contributed by atoms with E-state index in [4.69, 9.17) is 22.1 Å². The number of carbonyl (C=O) groups excluding carboxylic acids is 2. The van der Waals surface area contributed by atoms with Gasteiger partial charge in [0.25, 0.3) is 5.91 Å². The van der Waals surface area contributed by atoms with Crippen LogP contribution in [0.4, 0.5) is 13.6 Å². The number of likely N-dealkylation sites (tertiary alicyclic amines) is 1. The van der Waals surface area contributed by atoms with E-state index in [0.717, 1.165) is 6.07 Å². The summed E-state index contributed by atoms with van der Waals surface area (Å²) in [5, 5.41) is 9.95. The number of aromatic nitrogens is 3. The number of hydrogen-bond donors (Lipinski definition) is 1. The quantitative estimate of drug-likeness (QED) is 0.542. The van der Waals surface area contributed by atoms with Gasteiger partial charge in [0.2, 0.25) is 0 Å². The first-order chi connectivity index (χ1) is 17.6. The summed E-state index contributed by atoms with van der Waals surface area (Å²) in [6.45, 7) is 3.90. The number of rotatable bonds is 5. The van der Waals surface area contributed by atoms with Crippen LogP contribution in [0.25, 0.3) is 5.82 Å². The lowest BCUT2D eigenvalue weighted by molar-refractivity contribution is 0.0277. The van der Waals surface area contributed by atoms with Crippen molar-refractivity contribution in [2.75, 3.05) is 13.1 Å². The second-order valence-electron chi connectivity index (χ2n) is 8.82. The molecule has 1 saturated heterocycles. The second-order valence-corrected chi connectivity index (χ2v) is 9.23. The van der Waals surface area contributed by atoms with Crippen molar-refractivity contribution < 1.29 is 23.1 Å². The van der Waals surface area contributed by atoms with E-state index in [1.54, 1.807) is 26.1 Å². The molecule has 2 aliphatic rings. The summed E-state index contributed by atoms with van der Waals surface area (Å²) >= 11 is 6.29. The Morgan fingerprint density at radius 3 is 2.49 bits per heavy atom. The summed E-state index contributed by atoms with van der Waals surface area (Å²) in [7, 11) is 0. The normalized spacial score (nSPS) is 17.3. The molecule has 2 aliphatic heterocycles. The second kappa shape index (κ2) is 9.43. The number of hydrazone groups is 1. The van der Waals surface area contributed by atoms with Crippen LogP contribution >= 0.6 is 11.6 Å². The van der Waals surface area contributed by atoms with Crippen LogP contribution in [0.5, 0.6) is 5.75 Å². The number of ether oxygens (including phenoxy) is 1. The van der Waals surface area contributed by atoms with Crippen molar-refractivity contribution in [3.63, 3.8) is 0 Å². The van der Waals surface area contributed by atoms with Gasteiger partial charge in [-0.1, -0.05) is 11.6 Å². The number of nitrogens with zero attached hydrogens (tertiary/aromatic N) is 6. The fourth-order valence-electron chi connectivity index (χ4n) is 4.47. The fourth-order valence-corrected chi connectivity index (χ4v) is 4.62. The lowest BCUT2D eigenvalue weighted by Gasteiger charge is -2.41. The number of aryl methyl sites for hydroxylation is 1. The fraction of sp³-hybridized carbons (Fsp3) is 0.292. The van der Waals surface area contributed by atoms with E-state index in [2.05, 4.69) is 15.2 Å². The molecular formula is C24H22ClF2N7O3. The van der Waals surface area contributed by atoms with Crippen molar-refractivity contribution in [2.24, 2.45) is 10.8 Å². The Morgan fingerprint density at radius 1 is 1.14 bits per heavy atom. The minimum Gasteiger partial charge on any atom is -0.485 e. The van der Waals surface area contributed by atoms with Crippen LogP contribution in [0.3, 0.4) is 0 Å². The summed E-state index contributed by atoms with van der Waals surface area (Å²) < 4.78 is 34.9. The molecule has 0 radical (unpaired) electrons. The Balaban J connectivity index is 1.26. The number of nitrogens with two attached hydrogens (primary N) is 1. The standard InChI is InChI=1S/C24H22ClF2N7O3/c1-12-22(23(28)35)13(2)33(31-12)21-8-20(18(25)9-29-21)37-17-10-32(11-17)24(36)34-19(3-4-30-34)14-5-15(26)7-16(27)6-14/h4-9,17,19H,3,10-11H2,1-2H3,(H2,28,35)/t19-/m0/s1. The molecule has 3 aromatic rings. The van der Waals surface area contributed by atoms with Gasteiger partial charge in [0.05, 0.1) is 42.3 Å². The lowest BCUT2D eigenvalue weighted by Crippen LogP contribution is -2.58. The molecule has 0 aliphatic carbocycles. The van der Waals surface area contributed by atoms with Gasteiger partial charge in [-0.05, 0) is 31.5 Å². The molecule has 0 spiro atoms. The highest BCUT2D eigenvalue weighted by Crippen LogP contribution is 2.33. The Hall–Kier alpha value is -4.06. The van der Waals surface area contributed by atoms with E-state index < -0.39 is 29.6 Å². The molecule has 1 fully saturated rings. The first-order valence-electron chi connectivity index (χ1n) is 11.4.